The number of methoxy groups -OCH3 is 1. The first-order valence-corrected chi connectivity index (χ1v) is 12.3. The number of ether oxygens (including phenoxy) is 2. The predicted octanol–water partition coefficient (Wildman–Crippen LogP) is 5.66. The molecule has 5 rings (SSSR count). The minimum Gasteiger partial charge on any atom is -0.497 e. The first-order chi connectivity index (χ1) is 18.1. The first kappa shape index (κ1) is 25.6. The number of alkyl halides is 3. The van der Waals surface area contributed by atoms with Gasteiger partial charge in [0.1, 0.15) is 17.2 Å². The lowest BCUT2D eigenvalue weighted by Crippen LogP contribution is -2.35. The van der Waals surface area contributed by atoms with E-state index in [4.69, 9.17) is 9.47 Å². The van der Waals surface area contributed by atoms with E-state index in [9.17, 15) is 22.8 Å². The van der Waals surface area contributed by atoms with Crippen molar-refractivity contribution in [3.05, 3.63) is 89.0 Å². The molecule has 3 aromatic rings. The van der Waals surface area contributed by atoms with Crippen LogP contribution in [0.2, 0.25) is 0 Å². The zero-order valence-corrected chi connectivity index (χ0v) is 21.0. The van der Waals surface area contributed by atoms with Gasteiger partial charge in [0.05, 0.1) is 12.7 Å². The first-order valence-electron chi connectivity index (χ1n) is 12.3. The monoisotopic (exact) mass is 524 g/mol. The summed E-state index contributed by atoms with van der Waals surface area (Å²) in [6.07, 6.45) is -4.41. The van der Waals surface area contributed by atoms with Crippen LogP contribution in [0, 0.1) is 18.8 Å². The minimum atomic E-state index is -4.41. The third-order valence-corrected chi connectivity index (χ3v) is 7.25. The molecule has 9 heteroatoms. The maximum absolute atomic E-state index is 13.2. The number of hydrogen-bond donors (Lipinski definition) is 0. The maximum atomic E-state index is 13.2. The Morgan fingerprint density at radius 1 is 0.763 bits per heavy atom. The smallest absolute Gasteiger partial charge is 0.416 e. The van der Waals surface area contributed by atoms with E-state index >= 15 is 0 Å². The molecular formula is C29H27F3N2O4. The summed E-state index contributed by atoms with van der Waals surface area (Å²) in [6, 6.07) is 16.5. The van der Waals surface area contributed by atoms with Gasteiger partial charge in [-0.3, -0.25) is 9.59 Å². The van der Waals surface area contributed by atoms with Gasteiger partial charge >= 0.3 is 6.18 Å². The molecule has 0 spiro atoms. The topological polar surface area (TPSA) is 59.1 Å². The van der Waals surface area contributed by atoms with Crippen LogP contribution in [-0.2, 0) is 6.18 Å². The van der Waals surface area contributed by atoms with Crippen LogP contribution in [0.25, 0.3) is 0 Å². The number of fused-ring (bicyclic) bond motifs is 1. The average molecular weight is 525 g/mol. The van der Waals surface area contributed by atoms with Crippen LogP contribution >= 0.6 is 0 Å². The number of nitrogens with zero attached hydrogens (tertiary/aromatic N) is 2. The zero-order chi connectivity index (χ0) is 27.0. The fraction of sp³-hybridized carbons (Fsp3) is 0.310. The van der Waals surface area contributed by atoms with E-state index in [-0.39, 0.29) is 29.4 Å². The lowest BCUT2D eigenvalue weighted by molar-refractivity contribution is -0.137. The van der Waals surface area contributed by atoms with E-state index in [1.807, 2.05) is 28.9 Å². The fourth-order valence-electron chi connectivity index (χ4n) is 5.15. The molecule has 2 unspecified atom stereocenters. The summed E-state index contributed by atoms with van der Waals surface area (Å²) in [6.45, 7) is 4.26. The van der Waals surface area contributed by atoms with Crippen molar-refractivity contribution in [2.75, 3.05) is 33.3 Å². The van der Waals surface area contributed by atoms with Gasteiger partial charge < -0.3 is 19.3 Å². The molecule has 2 amide bonds. The number of hydrogen-bond acceptors (Lipinski definition) is 4. The summed E-state index contributed by atoms with van der Waals surface area (Å²) in [5, 5.41) is 0. The molecule has 3 aromatic carbocycles. The highest BCUT2D eigenvalue weighted by Crippen LogP contribution is 2.34. The second kappa shape index (κ2) is 10.0. The van der Waals surface area contributed by atoms with Crippen LogP contribution in [0.3, 0.4) is 0 Å². The second-order valence-electron chi connectivity index (χ2n) is 9.77. The van der Waals surface area contributed by atoms with Crippen LogP contribution in [0.5, 0.6) is 17.2 Å². The predicted molar refractivity (Wildman–Crippen MR) is 134 cm³/mol. The Bertz CT molecular complexity index is 1330. The fourth-order valence-corrected chi connectivity index (χ4v) is 5.15. The molecule has 0 radical (unpaired) electrons. The third-order valence-electron chi connectivity index (χ3n) is 7.25. The Balaban J connectivity index is 1.17. The number of carbonyl (C=O) groups is 2. The lowest BCUT2D eigenvalue weighted by Gasteiger charge is -2.23. The molecule has 0 saturated carbocycles. The van der Waals surface area contributed by atoms with Crippen LogP contribution in [0.15, 0.2) is 66.7 Å². The van der Waals surface area contributed by atoms with E-state index in [0.717, 1.165) is 17.7 Å². The minimum absolute atomic E-state index is 0.0164. The molecule has 0 aliphatic carbocycles. The van der Waals surface area contributed by atoms with Crippen molar-refractivity contribution in [1.29, 1.82) is 0 Å². The molecule has 6 nitrogen and oxygen atoms in total. The normalized spacial score (nSPS) is 18.9. The molecule has 2 atom stereocenters. The number of halogens is 3. The molecule has 198 valence electrons. The quantitative estimate of drug-likeness (QED) is 0.432. The molecule has 2 fully saturated rings. The van der Waals surface area contributed by atoms with Gasteiger partial charge in [-0.15, -0.1) is 0 Å². The van der Waals surface area contributed by atoms with Crippen LogP contribution in [0.1, 0.15) is 31.8 Å². The van der Waals surface area contributed by atoms with Crippen molar-refractivity contribution >= 4 is 11.8 Å². The summed E-state index contributed by atoms with van der Waals surface area (Å²) in [5.74, 6) is 1.66. The average Bonchev–Trinajstić information content (AvgIpc) is 3.48. The van der Waals surface area contributed by atoms with Crippen LogP contribution in [-0.4, -0.2) is 54.9 Å². The summed E-state index contributed by atoms with van der Waals surface area (Å²) >= 11 is 0. The second-order valence-corrected chi connectivity index (χ2v) is 9.77. The van der Waals surface area contributed by atoms with E-state index in [2.05, 4.69) is 0 Å². The lowest BCUT2D eigenvalue weighted by atomic mass is 10.0. The summed E-state index contributed by atoms with van der Waals surface area (Å²) in [4.78, 5) is 30.0. The zero-order valence-electron chi connectivity index (χ0n) is 21.0. The number of carbonyl (C=O) groups excluding carboxylic acids is 2. The van der Waals surface area contributed by atoms with Gasteiger partial charge in [-0.05, 0) is 73.2 Å². The van der Waals surface area contributed by atoms with Crippen molar-refractivity contribution < 1.29 is 32.2 Å². The maximum Gasteiger partial charge on any atom is 0.416 e. The van der Waals surface area contributed by atoms with Crippen molar-refractivity contribution in [2.45, 2.75) is 13.1 Å². The van der Waals surface area contributed by atoms with Crippen molar-refractivity contribution in [3.63, 3.8) is 0 Å². The molecule has 2 aliphatic heterocycles. The highest BCUT2D eigenvalue weighted by Gasteiger charge is 2.43. The van der Waals surface area contributed by atoms with Crippen molar-refractivity contribution in [3.8, 4) is 17.2 Å². The summed E-state index contributed by atoms with van der Waals surface area (Å²) < 4.78 is 49.1. The van der Waals surface area contributed by atoms with Gasteiger partial charge in [0, 0.05) is 49.1 Å². The molecule has 38 heavy (non-hydrogen) atoms. The van der Waals surface area contributed by atoms with Gasteiger partial charge in [-0.25, -0.2) is 0 Å². The van der Waals surface area contributed by atoms with E-state index < -0.39 is 11.7 Å². The SMILES string of the molecule is COc1ccc(C)c(C(=O)N2CC3CN(C(=O)c4ccc(Oc5ccc(C(F)(F)F)cc5)cc4)CC3C2)c1. The number of aryl methyl sites for hydroxylation is 1. The highest BCUT2D eigenvalue weighted by atomic mass is 19.4. The summed E-state index contributed by atoms with van der Waals surface area (Å²) in [5.41, 5.74) is 1.29. The number of likely N-dealkylation sites (tertiary alicyclic amines) is 2. The Kier molecular flexibility index (Phi) is 6.77. The Hall–Kier alpha value is -4.01. The number of rotatable bonds is 5. The van der Waals surface area contributed by atoms with Gasteiger partial charge in [0.2, 0.25) is 0 Å². The van der Waals surface area contributed by atoms with E-state index in [1.165, 1.54) is 12.1 Å². The van der Waals surface area contributed by atoms with Crippen molar-refractivity contribution in [2.24, 2.45) is 11.8 Å². The van der Waals surface area contributed by atoms with Crippen molar-refractivity contribution in [1.82, 2.24) is 9.80 Å². The third kappa shape index (κ3) is 5.18. The highest BCUT2D eigenvalue weighted by molar-refractivity contribution is 5.96. The molecule has 2 heterocycles. The Morgan fingerprint density at radius 3 is 1.79 bits per heavy atom. The molecule has 0 aromatic heterocycles. The van der Waals surface area contributed by atoms with E-state index in [0.29, 0.717) is 48.8 Å². The Morgan fingerprint density at radius 2 is 1.26 bits per heavy atom. The van der Waals surface area contributed by atoms with Gasteiger partial charge in [-0.2, -0.15) is 13.2 Å². The molecule has 2 saturated heterocycles. The number of benzene rings is 3. The van der Waals surface area contributed by atoms with Gasteiger partial charge in [0.25, 0.3) is 11.8 Å². The molecule has 2 aliphatic rings. The van der Waals surface area contributed by atoms with Crippen LogP contribution in [0.4, 0.5) is 13.2 Å². The molecule has 0 N–H and O–H groups in total. The standard InChI is InChI=1S/C29H27F3N2O4/c1-18-3-8-25(37-2)13-26(18)28(36)34-16-20-14-33(15-21(20)17-34)27(35)19-4-9-23(10-5-19)38-24-11-6-22(7-12-24)29(30,31)32/h3-13,20-21H,14-17H2,1-2H3. The number of amides is 2. The van der Waals surface area contributed by atoms with Crippen LogP contribution < -0.4 is 9.47 Å². The summed E-state index contributed by atoms with van der Waals surface area (Å²) in [7, 11) is 1.57. The van der Waals surface area contributed by atoms with Gasteiger partial charge in [-0.1, -0.05) is 6.07 Å². The van der Waals surface area contributed by atoms with E-state index in [1.54, 1.807) is 37.4 Å². The Labute approximate surface area is 218 Å². The molecular weight excluding hydrogens is 497 g/mol. The largest absolute Gasteiger partial charge is 0.497 e. The molecule has 0 bridgehead atoms. The van der Waals surface area contributed by atoms with Gasteiger partial charge in [0.15, 0.2) is 0 Å².